The highest BCUT2D eigenvalue weighted by Crippen LogP contribution is 2.35. The fraction of sp³-hybridized carbons (Fsp3) is 0.471. The molecule has 7 heteroatoms. The Morgan fingerprint density at radius 1 is 1.50 bits per heavy atom. The van der Waals surface area contributed by atoms with Gasteiger partial charge in [0.2, 0.25) is 0 Å². The van der Waals surface area contributed by atoms with E-state index >= 15 is 0 Å². The zero-order chi connectivity index (χ0) is 16.7. The van der Waals surface area contributed by atoms with Crippen LogP contribution in [0.1, 0.15) is 37.7 Å². The van der Waals surface area contributed by atoms with E-state index in [-0.39, 0.29) is 6.04 Å². The fourth-order valence-electron chi connectivity index (χ4n) is 3.59. The number of fused-ring (bicyclic) bond motifs is 3. The fourth-order valence-corrected chi connectivity index (χ4v) is 4.48. The number of likely N-dealkylation sites (tertiary alicyclic amines) is 1. The molecule has 3 aromatic heterocycles. The zero-order valence-corrected chi connectivity index (χ0v) is 14.3. The Bertz CT molecular complexity index is 922. The van der Waals surface area contributed by atoms with Gasteiger partial charge in [-0.2, -0.15) is 5.26 Å². The van der Waals surface area contributed by atoms with Gasteiger partial charge < -0.3 is 14.6 Å². The zero-order valence-electron chi connectivity index (χ0n) is 13.5. The van der Waals surface area contributed by atoms with E-state index in [1.54, 1.807) is 24.5 Å². The molecule has 1 aliphatic rings. The highest BCUT2D eigenvalue weighted by molar-refractivity contribution is 7.18. The maximum atomic E-state index is 10.2. The van der Waals surface area contributed by atoms with Gasteiger partial charge in [0.25, 0.3) is 0 Å². The quantitative estimate of drug-likeness (QED) is 0.789. The standard InChI is InChI=1S/C17H19N5OS/c1-11(23)17-20-14-9-19-13-4-8-24-16(13)15(14)22(17)12-3-7-21(10-12)6-2-5-18/h4,8-9,11-12,23H,2-3,6-7,10H2,1H3. The lowest BCUT2D eigenvalue weighted by atomic mass is 10.2. The van der Waals surface area contributed by atoms with Crippen molar-refractivity contribution in [1.29, 1.82) is 5.26 Å². The summed E-state index contributed by atoms with van der Waals surface area (Å²) in [4.78, 5) is 11.4. The van der Waals surface area contributed by atoms with Gasteiger partial charge in [0, 0.05) is 32.1 Å². The van der Waals surface area contributed by atoms with Gasteiger partial charge >= 0.3 is 0 Å². The molecule has 24 heavy (non-hydrogen) atoms. The first-order chi connectivity index (χ1) is 11.7. The van der Waals surface area contributed by atoms with E-state index in [0.29, 0.717) is 12.2 Å². The Morgan fingerprint density at radius 3 is 3.17 bits per heavy atom. The number of aliphatic hydroxyl groups is 1. The normalized spacial score (nSPS) is 20.0. The highest BCUT2D eigenvalue weighted by atomic mass is 32.1. The van der Waals surface area contributed by atoms with Gasteiger partial charge in [0.1, 0.15) is 17.4 Å². The number of nitrogens with zero attached hydrogens (tertiary/aromatic N) is 5. The third-order valence-electron chi connectivity index (χ3n) is 4.68. The summed E-state index contributed by atoms with van der Waals surface area (Å²) in [6, 6.07) is 4.51. The Labute approximate surface area is 144 Å². The molecular formula is C17H19N5OS. The SMILES string of the molecule is CC(O)c1nc2cnc3ccsc3c2n1C1CCN(CCC#N)C1. The minimum atomic E-state index is -0.624. The van der Waals surface area contributed by atoms with Gasteiger partial charge in [-0.3, -0.25) is 4.98 Å². The maximum Gasteiger partial charge on any atom is 0.138 e. The van der Waals surface area contributed by atoms with E-state index in [2.05, 4.69) is 25.5 Å². The average molecular weight is 341 g/mol. The van der Waals surface area contributed by atoms with E-state index in [1.807, 2.05) is 11.4 Å². The summed E-state index contributed by atoms with van der Waals surface area (Å²) in [6.07, 6.45) is 2.74. The minimum absolute atomic E-state index is 0.269. The van der Waals surface area contributed by atoms with Gasteiger partial charge in [-0.1, -0.05) is 0 Å². The molecule has 0 aliphatic carbocycles. The molecule has 2 atom stereocenters. The third-order valence-corrected chi connectivity index (χ3v) is 5.59. The van der Waals surface area contributed by atoms with Crippen LogP contribution < -0.4 is 0 Å². The molecule has 1 aliphatic heterocycles. The van der Waals surface area contributed by atoms with Gasteiger partial charge in [0.05, 0.1) is 28.0 Å². The van der Waals surface area contributed by atoms with E-state index in [1.165, 1.54) is 0 Å². The number of aromatic nitrogens is 3. The minimum Gasteiger partial charge on any atom is -0.385 e. The van der Waals surface area contributed by atoms with Gasteiger partial charge in [-0.05, 0) is 24.8 Å². The number of aliphatic hydroxyl groups excluding tert-OH is 1. The van der Waals surface area contributed by atoms with Gasteiger partial charge in [0.15, 0.2) is 0 Å². The second-order valence-corrected chi connectivity index (χ2v) is 7.21. The van der Waals surface area contributed by atoms with Crippen LogP contribution in [0.5, 0.6) is 0 Å². The lowest BCUT2D eigenvalue weighted by molar-refractivity contribution is 0.181. The molecule has 0 bridgehead atoms. The summed E-state index contributed by atoms with van der Waals surface area (Å²) in [6.45, 7) is 4.44. The van der Waals surface area contributed by atoms with E-state index < -0.39 is 6.10 Å². The van der Waals surface area contributed by atoms with E-state index in [0.717, 1.165) is 47.3 Å². The van der Waals surface area contributed by atoms with Crippen molar-refractivity contribution in [2.45, 2.75) is 31.9 Å². The summed E-state index contributed by atoms with van der Waals surface area (Å²) in [5, 5.41) is 21.1. The van der Waals surface area contributed by atoms with Gasteiger partial charge in [-0.15, -0.1) is 11.3 Å². The monoisotopic (exact) mass is 341 g/mol. The summed E-state index contributed by atoms with van der Waals surface area (Å²) < 4.78 is 3.34. The second kappa shape index (κ2) is 6.13. The first-order valence-electron chi connectivity index (χ1n) is 8.20. The smallest absolute Gasteiger partial charge is 0.138 e. The van der Waals surface area contributed by atoms with E-state index in [4.69, 9.17) is 5.26 Å². The van der Waals surface area contributed by atoms with Crippen LogP contribution in [0.4, 0.5) is 0 Å². The largest absolute Gasteiger partial charge is 0.385 e. The predicted molar refractivity (Wildman–Crippen MR) is 93.9 cm³/mol. The number of hydrogen-bond donors (Lipinski definition) is 1. The van der Waals surface area contributed by atoms with Crippen molar-refractivity contribution in [3.63, 3.8) is 0 Å². The van der Waals surface area contributed by atoms with Crippen molar-refractivity contribution in [2.24, 2.45) is 0 Å². The molecule has 0 aromatic carbocycles. The summed E-state index contributed by atoms with van der Waals surface area (Å²) in [5.41, 5.74) is 2.90. The van der Waals surface area contributed by atoms with Crippen molar-refractivity contribution >= 4 is 32.6 Å². The highest BCUT2D eigenvalue weighted by Gasteiger charge is 2.29. The van der Waals surface area contributed by atoms with Crippen molar-refractivity contribution in [2.75, 3.05) is 19.6 Å². The van der Waals surface area contributed by atoms with Crippen molar-refractivity contribution < 1.29 is 5.11 Å². The number of pyridine rings is 1. The average Bonchev–Trinajstić information content (AvgIpc) is 3.28. The predicted octanol–water partition coefficient (Wildman–Crippen LogP) is 2.86. The third kappa shape index (κ3) is 2.47. The van der Waals surface area contributed by atoms with Crippen LogP contribution in [-0.4, -0.2) is 44.2 Å². The first kappa shape index (κ1) is 15.5. The molecule has 2 unspecified atom stereocenters. The number of hydrogen-bond acceptors (Lipinski definition) is 6. The number of rotatable bonds is 4. The molecule has 0 amide bonds. The Balaban J connectivity index is 1.82. The Kier molecular flexibility index (Phi) is 3.96. The molecule has 6 nitrogen and oxygen atoms in total. The van der Waals surface area contributed by atoms with Crippen molar-refractivity contribution in [3.05, 3.63) is 23.5 Å². The summed E-state index contributed by atoms with van der Waals surface area (Å²) >= 11 is 1.67. The van der Waals surface area contributed by atoms with Crippen LogP contribution in [0, 0.1) is 11.3 Å². The van der Waals surface area contributed by atoms with Crippen molar-refractivity contribution in [1.82, 2.24) is 19.4 Å². The molecule has 3 aromatic rings. The van der Waals surface area contributed by atoms with Crippen LogP contribution in [0.15, 0.2) is 17.6 Å². The van der Waals surface area contributed by atoms with Crippen LogP contribution in [0.2, 0.25) is 0 Å². The summed E-state index contributed by atoms with van der Waals surface area (Å²) in [7, 11) is 0. The molecule has 1 saturated heterocycles. The molecule has 1 fully saturated rings. The number of nitriles is 1. The number of imidazole rings is 1. The number of thiophene rings is 1. The molecule has 0 saturated carbocycles. The van der Waals surface area contributed by atoms with Crippen molar-refractivity contribution in [3.8, 4) is 6.07 Å². The molecule has 1 N–H and O–H groups in total. The molecule has 4 heterocycles. The summed E-state index contributed by atoms with van der Waals surface area (Å²) in [5.74, 6) is 0.708. The molecular weight excluding hydrogens is 322 g/mol. The van der Waals surface area contributed by atoms with E-state index in [9.17, 15) is 5.11 Å². The molecule has 0 radical (unpaired) electrons. The first-order valence-corrected chi connectivity index (χ1v) is 9.08. The topological polar surface area (TPSA) is 78.0 Å². The van der Waals surface area contributed by atoms with Crippen LogP contribution in [0.3, 0.4) is 0 Å². The molecule has 4 rings (SSSR count). The molecule has 124 valence electrons. The Hall–Kier alpha value is -2.01. The lowest BCUT2D eigenvalue weighted by Crippen LogP contribution is -2.23. The Morgan fingerprint density at radius 2 is 2.38 bits per heavy atom. The van der Waals surface area contributed by atoms with Crippen LogP contribution in [-0.2, 0) is 0 Å². The maximum absolute atomic E-state index is 10.2. The lowest BCUT2D eigenvalue weighted by Gasteiger charge is -2.19. The van der Waals surface area contributed by atoms with Crippen LogP contribution >= 0.6 is 11.3 Å². The van der Waals surface area contributed by atoms with Gasteiger partial charge in [-0.25, -0.2) is 4.98 Å². The molecule has 0 spiro atoms. The van der Waals surface area contributed by atoms with Crippen LogP contribution in [0.25, 0.3) is 21.3 Å². The second-order valence-electron chi connectivity index (χ2n) is 6.29.